The second kappa shape index (κ2) is 11.4. The molecular weight excluding hydrogens is 442 g/mol. The molecule has 6 nitrogen and oxygen atoms in total. The second-order valence-electron chi connectivity index (χ2n) is 7.39. The average Bonchev–Trinajstić information content (AvgIpc) is 3.34. The van der Waals surface area contributed by atoms with Crippen LogP contribution in [0.1, 0.15) is 40.2 Å². The van der Waals surface area contributed by atoms with Gasteiger partial charge in [0.05, 0.1) is 4.90 Å². The van der Waals surface area contributed by atoms with Gasteiger partial charge in [-0.25, -0.2) is 13.1 Å². The summed E-state index contributed by atoms with van der Waals surface area (Å²) < 4.78 is 27.8. The quantitative estimate of drug-likeness (QED) is 0.443. The van der Waals surface area contributed by atoms with E-state index in [1.807, 2.05) is 29.6 Å². The number of rotatable bonds is 11. The predicted octanol–water partition coefficient (Wildman–Crippen LogP) is 4.00. The SMILES string of the molecule is CCN(CC)Cc1ccc(CNC(=O)c2cccc(S(=O)(=O)NCc3cccs3)c2)cc1. The Morgan fingerprint density at radius 3 is 2.31 bits per heavy atom. The molecule has 0 atom stereocenters. The molecule has 2 aromatic carbocycles. The number of thiophene rings is 1. The Morgan fingerprint density at radius 2 is 1.66 bits per heavy atom. The molecule has 170 valence electrons. The van der Waals surface area contributed by atoms with Gasteiger partial charge in [-0.3, -0.25) is 9.69 Å². The number of amides is 1. The summed E-state index contributed by atoms with van der Waals surface area (Å²) >= 11 is 1.48. The first kappa shape index (κ1) is 24.1. The molecule has 3 aromatic rings. The maximum absolute atomic E-state index is 12.6. The van der Waals surface area contributed by atoms with Crippen molar-refractivity contribution < 1.29 is 13.2 Å². The van der Waals surface area contributed by atoms with Crippen molar-refractivity contribution >= 4 is 27.3 Å². The molecule has 2 N–H and O–H groups in total. The second-order valence-corrected chi connectivity index (χ2v) is 10.2. The summed E-state index contributed by atoms with van der Waals surface area (Å²) in [5.41, 5.74) is 2.53. The van der Waals surface area contributed by atoms with Crippen LogP contribution in [-0.4, -0.2) is 32.3 Å². The third-order valence-electron chi connectivity index (χ3n) is 5.20. The lowest BCUT2D eigenvalue weighted by Crippen LogP contribution is -2.25. The number of carbonyl (C=O) groups is 1. The van der Waals surface area contributed by atoms with Gasteiger partial charge in [-0.05, 0) is 53.9 Å². The van der Waals surface area contributed by atoms with E-state index in [0.717, 1.165) is 30.1 Å². The van der Waals surface area contributed by atoms with Crippen LogP contribution in [-0.2, 0) is 29.7 Å². The van der Waals surface area contributed by atoms with Gasteiger partial charge in [0.1, 0.15) is 0 Å². The number of sulfonamides is 1. The lowest BCUT2D eigenvalue weighted by molar-refractivity contribution is 0.0950. The van der Waals surface area contributed by atoms with Crippen LogP contribution >= 0.6 is 11.3 Å². The molecule has 0 aliphatic carbocycles. The molecule has 1 heterocycles. The zero-order chi connectivity index (χ0) is 23.0. The van der Waals surface area contributed by atoms with Crippen LogP contribution in [0.25, 0.3) is 0 Å². The highest BCUT2D eigenvalue weighted by Gasteiger charge is 2.16. The molecule has 0 saturated carbocycles. The number of hydrogen-bond acceptors (Lipinski definition) is 5. The van der Waals surface area contributed by atoms with E-state index in [2.05, 4.69) is 40.9 Å². The van der Waals surface area contributed by atoms with Gasteiger partial charge in [0.25, 0.3) is 5.91 Å². The van der Waals surface area contributed by atoms with E-state index in [1.165, 1.54) is 29.0 Å². The topological polar surface area (TPSA) is 78.5 Å². The van der Waals surface area contributed by atoms with Gasteiger partial charge >= 0.3 is 0 Å². The lowest BCUT2D eigenvalue weighted by Gasteiger charge is -2.18. The number of benzene rings is 2. The minimum atomic E-state index is -3.71. The van der Waals surface area contributed by atoms with Crippen molar-refractivity contribution in [3.8, 4) is 0 Å². The Kier molecular flexibility index (Phi) is 8.58. The van der Waals surface area contributed by atoms with Crippen molar-refractivity contribution in [2.75, 3.05) is 13.1 Å². The van der Waals surface area contributed by atoms with E-state index in [-0.39, 0.29) is 17.3 Å². The molecule has 0 aliphatic heterocycles. The van der Waals surface area contributed by atoms with E-state index in [0.29, 0.717) is 12.1 Å². The molecule has 0 spiro atoms. The molecule has 1 amide bonds. The number of nitrogens with one attached hydrogen (secondary N) is 2. The fraction of sp³-hybridized carbons (Fsp3) is 0.292. The minimum absolute atomic E-state index is 0.0717. The van der Waals surface area contributed by atoms with Crippen LogP contribution in [0.5, 0.6) is 0 Å². The lowest BCUT2D eigenvalue weighted by atomic mass is 10.1. The first-order chi connectivity index (χ1) is 15.4. The van der Waals surface area contributed by atoms with E-state index < -0.39 is 10.0 Å². The largest absolute Gasteiger partial charge is 0.348 e. The van der Waals surface area contributed by atoms with Gasteiger partial charge in [-0.2, -0.15) is 0 Å². The van der Waals surface area contributed by atoms with Gasteiger partial charge < -0.3 is 5.32 Å². The molecule has 0 bridgehead atoms. The normalized spacial score (nSPS) is 11.6. The molecule has 1 aromatic heterocycles. The highest BCUT2D eigenvalue weighted by molar-refractivity contribution is 7.89. The first-order valence-electron chi connectivity index (χ1n) is 10.6. The first-order valence-corrected chi connectivity index (χ1v) is 13.0. The highest BCUT2D eigenvalue weighted by atomic mass is 32.2. The highest BCUT2D eigenvalue weighted by Crippen LogP contribution is 2.14. The van der Waals surface area contributed by atoms with E-state index in [1.54, 1.807) is 12.1 Å². The fourth-order valence-electron chi connectivity index (χ4n) is 3.22. The maximum Gasteiger partial charge on any atom is 0.251 e. The summed E-state index contributed by atoms with van der Waals surface area (Å²) in [7, 11) is -3.71. The Bertz CT molecular complexity index is 1110. The van der Waals surface area contributed by atoms with Crippen LogP contribution < -0.4 is 10.0 Å². The molecule has 0 radical (unpaired) electrons. The van der Waals surface area contributed by atoms with Gasteiger partial charge in [0.15, 0.2) is 0 Å². The summed E-state index contributed by atoms with van der Waals surface area (Å²) in [6, 6.07) is 18.0. The predicted molar refractivity (Wildman–Crippen MR) is 129 cm³/mol. The number of carbonyl (C=O) groups excluding carboxylic acids is 1. The van der Waals surface area contributed by atoms with Gasteiger partial charge in [-0.15, -0.1) is 11.3 Å². The molecule has 0 fully saturated rings. The summed E-state index contributed by atoms with van der Waals surface area (Å²) in [6.45, 7) is 7.81. The zero-order valence-corrected chi connectivity index (χ0v) is 20.0. The summed E-state index contributed by atoms with van der Waals surface area (Å²) in [6.07, 6.45) is 0. The Balaban J connectivity index is 1.58. The van der Waals surface area contributed by atoms with Crippen LogP contribution in [0.3, 0.4) is 0 Å². The van der Waals surface area contributed by atoms with Crippen molar-refractivity contribution in [3.63, 3.8) is 0 Å². The molecule has 0 aliphatic rings. The minimum Gasteiger partial charge on any atom is -0.348 e. The van der Waals surface area contributed by atoms with Crippen LogP contribution in [0, 0.1) is 0 Å². The molecule has 3 rings (SSSR count). The maximum atomic E-state index is 12.6. The average molecular weight is 472 g/mol. The standard InChI is InChI=1S/C24H29N3O3S2/c1-3-27(4-2)18-20-12-10-19(11-13-20)16-25-24(28)21-7-5-9-23(15-21)32(29,30)26-17-22-8-6-14-31-22/h5-15,26H,3-4,16-18H2,1-2H3,(H,25,28). The Morgan fingerprint density at radius 1 is 0.938 bits per heavy atom. The van der Waals surface area contributed by atoms with E-state index >= 15 is 0 Å². The molecular formula is C24H29N3O3S2. The molecule has 0 saturated heterocycles. The van der Waals surface area contributed by atoms with Crippen LogP contribution in [0.15, 0.2) is 70.9 Å². The molecule has 32 heavy (non-hydrogen) atoms. The van der Waals surface area contributed by atoms with Gasteiger partial charge in [0, 0.05) is 30.1 Å². The monoisotopic (exact) mass is 471 g/mol. The molecule has 0 unspecified atom stereocenters. The van der Waals surface area contributed by atoms with Gasteiger partial charge in [-0.1, -0.05) is 50.2 Å². The number of nitrogens with zero attached hydrogens (tertiary/aromatic N) is 1. The van der Waals surface area contributed by atoms with Crippen molar-refractivity contribution in [1.82, 2.24) is 14.9 Å². The van der Waals surface area contributed by atoms with E-state index in [4.69, 9.17) is 0 Å². The Labute approximate surface area is 194 Å². The zero-order valence-electron chi connectivity index (χ0n) is 18.4. The fourth-order valence-corrected chi connectivity index (χ4v) is 5.01. The molecule has 8 heteroatoms. The third-order valence-corrected chi connectivity index (χ3v) is 7.47. The summed E-state index contributed by atoms with van der Waals surface area (Å²) in [5.74, 6) is -0.312. The van der Waals surface area contributed by atoms with E-state index in [9.17, 15) is 13.2 Å². The van der Waals surface area contributed by atoms with Crippen LogP contribution in [0.2, 0.25) is 0 Å². The summed E-state index contributed by atoms with van der Waals surface area (Å²) in [4.78, 5) is 15.9. The van der Waals surface area contributed by atoms with Crippen molar-refractivity contribution in [3.05, 3.63) is 87.6 Å². The Hall–Kier alpha value is -2.52. The van der Waals surface area contributed by atoms with Crippen molar-refractivity contribution in [1.29, 1.82) is 0 Å². The smallest absolute Gasteiger partial charge is 0.251 e. The summed E-state index contributed by atoms with van der Waals surface area (Å²) in [5, 5.41) is 4.76. The third kappa shape index (κ3) is 6.74. The number of hydrogen-bond donors (Lipinski definition) is 2. The van der Waals surface area contributed by atoms with Crippen LogP contribution in [0.4, 0.5) is 0 Å². The van der Waals surface area contributed by atoms with Crippen molar-refractivity contribution in [2.24, 2.45) is 0 Å². The van der Waals surface area contributed by atoms with Crippen molar-refractivity contribution in [2.45, 2.75) is 38.4 Å². The van der Waals surface area contributed by atoms with Gasteiger partial charge in [0.2, 0.25) is 10.0 Å².